The van der Waals surface area contributed by atoms with Gasteiger partial charge < -0.3 is 9.84 Å². The molecule has 0 radical (unpaired) electrons. The third-order valence-corrected chi connectivity index (χ3v) is 3.46. The number of nitro groups is 1. The van der Waals surface area contributed by atoms with Crippen molar-refractivity contribution in [1.82, 2.24) is 0 Å². The van der Waals surface area contributed by atoms with Crippen molar-refractivity contribution >= 4 is 5.69 Å². The highest BCUT2D eigenvalue weighted by Crippen LogP contribution is 2.32. The number of benzene rings is 1. The van der Waals surface area contributed by atoms with Gasteiger partial charge in [-0.2, -0.15) is 0 Å². The highest BCUT2D eigenvalue weighted by Gasteiger charge is 2.25. The summed E-state index contributed by atoms with van der Waals surface area (Å²) in [6.45, 7) is 0.170. The topological polar surface area (TPSA) is 72.6 Å². The summed E-state index contributed by atoms with van der Waals surface area (Å²) in [4.78, 5) is 10.2. The second-order valence-electron chi connectivity index (χ2n) is 4.81. The molecular weight excluding hydrogens is 253 g/mol. The van der Waals surface area contributed by atoms with E-state index in [-0.39, 0.29) is 24.1 Å². The van der Waals surface area contributed by atoms with Crippen LogP contribution in [-0.4, -0.2) is 22.7 Å². The Labute approximate surface area is 110 Å². The van der Waals surface area contributed by atoms with Gasteiger partial charge >= 0.3 is 5.69 Å². The maximum Gasteiger partial charge on any atom is 0.313 e. The second kappa shape index (κ2) is 5.97. The van der Waals surface area contributed by atoms with Crippen molar-refractivity contribution in [2.24, 2.45) is 5.92 Å². The van der Waals surface area contributed by atoms with Gasteiger partial charge in [0.1, 0.15) is 5.82 Å². The highest BCUT2D eigenvalue weighted by atomic mass is 19.1. The van der Waals surface area contributed by atoms with Gasteiger partial charge in [0.05, 0.1) is 17.1 Å². The molecule has 0 aliphatic heterocycles. The van der Waals surface area contributed by atoms with Crippen molar-refractivity contribution in [1.29, 1.82) is 0 Å². The molecule has 19 heavy (non-hydrogen) atoms. The maximum absolute atomic E-state index is 13.0. The minimum Gasteiger partial charge on any atom is -0.484 e. The largest absolute Gasteiger partial charge is 0.484 e. The lowest BCUT2D eigenvalue weighted by atomic mass is 9.88. The SMILES string of the molecule is O=[N+]([O-])c1cc(F)ccc1OC1CCC(CO)CC1. The quantitative estimate of drug-likeness (QED) is 0.673. The van der Waals surface area contributed by atoms with E-state index >= 15 is 0 Å². The van der Waals surface area contributed by atoms with Crippen molar-refractivity contribution in [3.8, 4) is 5.75 Å². The molecule has 0 unspecified atom stereocenters. The molecule has 1 aliphatic rings. The summed E-state index contributed by atoms with van der Waals surface area (Å²) in [7, 11) is 0. The molecule has 6 heteroatoms. The third-order valence-electron chi connectivity index (χ3n) is 3.46. The molecule has 2 rings (SSSR count). The molecule has 0 spiro atoms. The molecule has 1 saturated carbocycles. The van der Waals surface area contributed by atoms with E-state index in [4.69, 9.17) is 9.84 Å². The predicted octanol–water partition coefficient (Wildman–Crippen LogP) is 2.66. The van der Waals surface area contributed by atoms with E-state index in [1.54, 1.807) is 0 Å². The van der Waals surface area contributed by atoms with Crippen molar-refractivity contribution in [2.45, 2.75) is 31.8 Å². The highest BCUT2D eigenvalue weighted by molar-refractivity contribution is 5.46. The van der Waals surface area contributed by atoms with Crippen LogP contribution in [0.5, 0.6) is 5.75 Å². The van der Waals surface area contributed by atoms with Crippen molar-refractivity contribution in [2.75, 3.05) is 6.61 Å². The summed E-state index contributed by atoms with van der Waals surface area (Å²) in [6, 6.07) is 3.32. The molecule has 1 aliphatic carbocycles. The van der Waals surface area contributed by atoms with Gasteiger partial charge in [0.25, 0.3) is 0 Å². The number of aliphatic hydroxyl groups excluding tert-OH is 1. The Morgan fingerprint density at radius 1 is 1.37 bits per heavy atom. The van der Waals surface area contributed by atoms with Crippen LogP contribution in [0.3, 0.4) is 0 Å². The Kier molecular flexibility index (Phi) is 4.31. The van der Waals surface area contributed by atoms with Crippen LogP contribution in [0.2, 0.25) is 0 Å². The van der Waals surface area contributed by atoms with Crippen LogP contribution in [-0.2, 0) is 0 Å². The van der Waals surface area contributed by atoms with Crippen LogP contribution in [0.1, 0.15) is 25.7 Å². The molecule has 1 aromatic carbocycles. The Bertz CT molecular complexity index is 458. The minimum atomic E-state index is -0.650. The van der Waals surface area contributed by atoms with Crippen LogP contribution < -0.4 is 4.74 Å². The lowest BCUT2D eigenvalue weighted by molar-refractivity contribution is -0.386. The van der Waals surface area contributed by atoms with E-state index in [2.05, 4.69) is 0 Å². The Hall–Kier alpha value is -1.69. The number of nitro benzene ring substituents is 1. The first kappa shape index (κ1) is 13.7. The fourth-order valence-corrected chi connectivity index (χ4v) is 2.34. The molecular formula is C13H16FNO4. The number of halogens is 1. The molecule has 104 valence electrons. The summed E-state index contributed by atoms with van der Waals surface area (Å²) >= 11 is 0. The van der Waals surface area contributed by atoms with Crippen LogP contribution in [0.25, 0.3) is 0 Å². The van der Waals surface area contributed by atoms with E-state index < -0.39 is 10.7 Å². The van der Waals surface area contributed by atoms with E-state index in [9.17, 15) is 14.5 Å². The standard InChI is InChI=1S/C13H16FNO4/c14-10-3-6-13(12(7-10)15(17)18)19-11-4-1-9(8-16)2-5-11/h3,6-7,9,11,16H,1-2,4-5,8H2. The molecule has 0 aromatic heterocycles. The predicted molar refractivity (Wildman–Crippen MR) is 66.5 cm³/mol. The summed E-state index contributed by atoms with van der Waals surface area (Å²) in [5.74, 6) is -0.245. The first-order valence-corrected chi connectivity index (χ1v) is 6.31. The number of aliphatic hydroxyl groups is 1. The monoisotopic (exact) mass is 269 g/mol. The molecule has 0 atom stereocenters. The zero-order chi connectivity index (χ0) is 13.8. The van der Waals surface area contributed by atoms with E-state index in [0.29, 0.717) is 5.92 Å². The smallest absolute Gasteiger partial charge is 0.313 e. The average Bonchev–Trinajstić information content (AvgIpc) is 2.41. The second-order valence-corrected chi connectivity index (χ2v) is 4.81. The number of ether oxygens (including phenoxy) is 1. The van der Waals surface area contributed by atoms with Gasteiger partial charge in [-0.05, 0) is 43.7 Å². The molecule has 0 heterocycles. The normalized spacial score (nSPS) is 23.1. The van der Waals surface area contributed by atoms with Gasteiger partial charge in [0.2, 0.25) is 0 Å². The molecule has 0 bridgehead atoms. The third kappa shape index (κ3) is 3.41. The van der Waals surface area contributed by atoms with Gasteiger partial charge in [-0.15, -0.1) is 0 Å². The summed E-state index contributed by atoms with van der Waals surface area (Å²) in [5.41, 5.74) is -0.343. The van der Waals surface area contributed by atoms with E-state index in [1.807, 2.05) is 0 Å². The molecule has 0 amide bonds. The van der Waals surface area contributed by atoms with Gasteiger partial charge in [0.15, 0.2) is 5.75 Å². The lowest BCUT2D eigenvalue weighted by Crippen LogP contribution is -2.25. The van der Waals surface area contributed by atoms with Crippen molar-refractivity contribution < 1.29 is 19.2 Å². The number of hydrogen-bond acceptors (Lipinski definition) is 4. The fraction of sp³-hybridized carbons (Fsp3) is 0.538. The van der Waals surface area contributed by atoms with Crippen molar-refractivity contribution in [3.05, 3.63) is 34.1 Å². The number of hydrogen-bond donors (Lipinski definition) is 1. The zero-order valence-electron chi connectivity index (χ0n) is 10.4. The minimum absolute atomic E-state index is 0.105. The Morgan fingerprint density at radius 3 is 2.63 bits per heavy atom. The van der Waals surface area contributed by atoms with E-state index in [1.165, 1.54) is 6.07 Å². The Morgan fingerprint density at radius 2 is 2.05 bits per heavy atom. The summed E-state index contributed by atoms with van der Waals surface area (Å²) < 4.78 is 18.6. The Balaban J connectivity index is 2.05. The summed E-state index contributed by atoms with van der Waals surface area (Å²) in [5, 5.41) is 19.9. The van der Waals surface area contributed by atoms with Gasteiger partial charge in [0, 0.05) is 6.61 Å². The van der Waals surface area contributed by atoms with Gasteiger partial charge in [-0.3, -0.25) is 10.1 Å². The van der Waals surface area contributed by atoms with E-state index in [0.717, 1.165) is 37.8 Å². The molecule has 1 fully saturated rings. The lowest BCUT2D eigenvalue weighted by Gasteiger charge is -2.27. The van der Waals surface area contributed by atoms with Crippen LogP contribution in [0.4, 0.5) is 10.1 Å². The van der Waals surface area contributed by atoms with Gasteiger partial charge in [-0.1, -0.05) is 0 Å². The van der Waals surface area contributed by atoms with Crippen molar-refractivity contribution in [3.63, 3.8) is 0 Å². The van der Waals surface area contributed by atoms with Crippen LogP contribution in [0.15, 0.2) is 18.2 Å². The molecule has 1 aromatic rings. The number of rotatable bonds is 4. The van der Waals surface area contributed by atoms with Gasteiger partial charge in [-0.25, -0.2) is 4.39 Å². The molecule has 5 nitrogen and oxygen atoms in total. The fourth-order valence-electron chi connectivity index (χ4n) is 2.34. The maximum atomic E-state index is 13.0. The number of nitrogens with zero attached hydrogens (tertiary/aromatic N) is 1. The molecule has 0 saturated heterocycles. The summed E-state index contributed by atoms with van der Waals surface area (Å²) in [6.07, 6.45) is 3.08. The molecule has 1 N–H and O–H groups in total. The zero-order valence-corrected chi connectivity index (χ0v) is 10.4. The van der Waals surface area contributed by atoms with Crippen LogP contribution in [0, 0.1) is 21.8 Å². The van der Waals surface area contributed by atoms with Crippen LogP contribution >= 0.6 is 0 Å². The average molecular weight is 269 g/mol. The first-order chi connectivity index (χ1) is 9.10. The first-order valence-electron chi connectivity index (χ1n) is 6.31.